The molecule has 4 bridgehead atoms. The number of hydrogen-bond donors (Lipinski definition) is 1. The number of nitrogens with one attached hydrogen (secondary N) is 1. The Morgan fingerprint density at radius 2 is 1.60 bits per heavy atom. The minimum absolute atomic E-state index is 0.254. The van der Waals surface area contributed by atoms with Crippen molar-refractivity contribution < 1.29 is 0 Å². The zero-order valence-corrected chi connectivity index (χ0v) is 18.6. The van der Waals surface area contributed by atoms with E-state index in [2.05, 4.69) is 34.5 Å². The highest BCUT2D eigenvalue weighted by atomic mass is 35.5. The lowest BCUT2D eigenvalue weighted by Crippen LogP contribution is -2.48. The van der Waals surface area contributed by atoms with Crippen molar-refractivity contribution in [1.29, 1.82) is 0 Å². The largest absolute Gasteiger partial charge is 0.197 e. The van der Waals surface area contributed by atoms with Crippen molar-refractivity contribution in [1.82, 2.24) is 15.4 Å². The molecule has 4 aliphatic rings. The molecule has 0 saturated heterocycles. The van der Waals surface area contributed by atoms with Crippen molar-refractivity contribution in [2.24, 2.45) is 17.8 Å². The summed E-state index contributed by atoms with van der Waals surface area (Å²) in [5, 5.41) is 12.8. The number of aromatic amines is 1. The fourth-order valence-corrected chi connectivity index (χ4v) is 7.64. The van der Waals surface area contributed by atoms with Gasteiger partial charge in [0.1, 0.15) is 5.69 Å². The van der Waals surface area contributed by atoms with Gasteiger partial charge in [0.15, 0.2) is 0 Å². The molecule has 0 aliphatic heterocycles. The summed E-state index contributed by atoms with van der Waals surface area (Å²) < 4.78 is 0. The van der Waals surface area contributed by atoms with Gasteiger partial charge in [-0.1, -0.05) is 29.3 Å². The highest BCUT2D eigenvalue weighted by Crippen LogP contribution is 2.62. The molecular formula is C25H25Cl2N3. The van der Waals surface area contributed by atoms with Crippen LogP contribution in [0.5, 0.6) is 0 Å². The van der Waals surface area contributed by atoms with Crippen molar-refractivity contribution in [3.05, 3.63) is 57.7 Å². The Balaban J connectivity index is 1.57. The highest BCUT2D eigenvalue weighted by molar-refractivity contribution is 6.36. The van der Waals surface area contributed by atoms with Gasteiger partial charge in [-0.3, -0.25) is 0 Å². The molecule has 1 N–H and O–H groups in total. The highest BCUT2D eigenvalue weighted by Gasteiger charge is 2.52. The molecule has 0 radical (unpaired) electrons. The Hall–Kier alpha value is -1.84. The summed E-state index contributed by atoms with van der Waals surface area (Å²) >= 11 is 12.8. The lowest BCUT2D eigenvalue weighted by molar-refractivity contribution is -0.00491. The van der Waals surface area contributed by atoms with Crippen molar-refractivity contribution in [3.8, 4) is 22.4 Å². The topological polar surface area (TPSA) is 41.6 Å². The van der Waals surface area contributed by atoms with Crippen LogP contribution in [0.1, 0.15) is 49.7 Å². The second-order valence-corrected chi connectivity index (χ2v) is 10.7. The summed E-state index contributed by atoms with van der Waals surface area (Å²) in [4.78, 5) is 0. The molecule has 0 atom stereocenters. The summed E-state index contributed by atoms with van der Waals surface area (Å²) in [5.74, 6) is 2.64. The van der Waals surface area contributed by atoms with E-state index < -0.39 is 0 Å². The zero-order chi connectivity index (χ0) is 20.5. The van der Waals surface area contributed by atoms with Crippen molar-refractivity contribution in [2.45, 2.75) is 50.9 Å². The van der Waals surface area contributed by atoms with Gasteiger partial charge in [0.25, 0.3) is 0 Å². The van der Waals surface area contributed by atoms with Gasteiger partial charge >= 0.3 is 0 Å². The summed E-state index contributed by atoms with van der Waals surface area (Å²) in [6, 6.07) is 10.5. The third-order valence-corrected chi connectivity index (χ3v) is 8.43. The molecule has 1 heterocycles. The van der Waals surface area contributed by atoms with Gasteiger partial charge in [-0.2, -0.15) is 15.4 Å². The third-order valence-electron chi connectivity index (χ3n) is 7.89. The standard InChI is InChI=1S/C25H25Cl2N3/c1-14-4-21(24-13-28-30-29-24)22(9-20(14)19-3-2-18(26)8-23(19)27)25-10-15-5-16(11-25)7-17(6-15)12-25/h2-4,8-9,13,15-17H,5-7,10-12H2,1H3,(H,28,29,30). The molecule has 30 heavy (non-hydrogen) atoms. The van der Waals surface area contributed by atoms with Crippen LogP contribution in [0.4, 0.5) is 0 Å². The van der Waals surface area contributed by atoms with E-state index in [9.17, 15) is 0 Å². The van der Waals surface area contributed by atoms with E-state index in [1.54, 1.807) is 0 Å². The molecule has 5 heteroatoms. The number of benzene rings is 2. The maximum Gasteiger partial charge on any atom is 0.113 e. The van der Waals surface area contributed by atoms with E-state index in [0.717, 1.165) is 29.0 Å². The Kier molecular flexibility index (Phi) is 4.30. The van der Waals surface area contributed by atoms with Crippen LogP contribution in [-0.2, 0) is 5.41 Å². The molecule has 0 unspecified atom stereocenters. The van der Waals surface area contributed by atoms with Crippen LogP contribution in [0.25, 0.3) is 22.4 Å². The fraction of sp³-hybridized carbons (Fsp3) is 0.440. The number of halogens is 2. The first kappa shape index (κ1) is 18.9. The molecule has 0 amide bonds. The smallest absolute Gasteiger partial charge is 0.113 e. The maximum atomic E-state index is 6.63. The van der Waals surface area contributed by atoms with E-state index in [1.807, 2.05) is 24.4 Å². The van der Waals surface area contributed by atoms with Gasteiger partial charge in [0, 0.05) is 21.2 Å². The van der Waals surface area contributed by atoms with E-state index in [-0.39, 0.29) is 5.41 Å². The molecule has 4 fully saturated rings. The SMILES string of the molecule is Cc1cc(-c2cn[nH]n2)c(C23CC4CC(CC(C4)C2)C3)cc1-c1ccc(Cl)cc1Cl. The van der Waals surface area contributed by atoms with Crippen LogP contribution in [0.3, 0.4) is 0 Å². The van der Waals surface area contributed by atoms with Gasteiger partial charge in [-0.25, -0.2) is 0 Å². The fourth-order valence-electron chi connectivity index (χ4n) is 7.13. The molecule has 4 aliphatic carbocycles. The third kappa shape index (κ3) is 2.93. The minimum atomic E-state index is 0.254. The first-order chi connectivity index (χ1) is 14.5. The summed E-state index contributed by atoms with van der Waals surface area (Å²) in [6.07, 6.45) is 10.1. The van der Waals surface area contributed by atoms with Gasteiger partial charge in [-0.15, -0.1) is 0 Å². The van der Waals surface area contributed by atoms with E-state index >= 15 is 0 Å². The van der Waals surface area contributed by atoms with Crippen LogP contribution in [0.2, 0.25) is 10.0 Å². The number of H-pyrrole nitrogens is 1. The Bertz CT molecular complexity index is 1080. The summed E-state index contributed by atoms with van der Waals surface area (Å²) in [7, 11) is 0. The number of aryl methyl sites for hydroxylation is 1. The first-order valence-electron chi connectivity index (χ1n) is 11.0. The molecule has 154 valence electrons. The second kappa shape index (κ2) is 6.83. The molecule has 0 spiro atoms. The first-order valence-corrected chi connectivity index (χ1v) is 11.7. The van der Waals surface area contributed by atoms with Gasteiger partial charge in [-0.05, 0) is 110 Å². The summed E-state index contributed by atoms with van der Waals surface area (Å²) in [6.45, 7) is 2.16. The normalized spacial score (nSPS) is 29.5. The van der Waals surface area contributed by atoms with Crippen LogP contribution in [0, 0.1) is 24.7 Å². The Morgan fingerprint density at radius 1 is 0.900 bits per heavy atom. The number of aromatic nitrogens is 3. The molecule has 7 rings (SSSR count). The average Bonchev–Trinajstić information content (AvgIpc) is 3.22. The summed E-state index contributed by atoms with van der Waals surface area (Å²) in [5.41, 5.74) is 7.33. The monoisotopic (exact) mass is 437 g/mol. The molecule has 4 saturated carbocycles. The number of hydrogen-bond acceptors (Lipinski definition) is 2. The Labute approximate surface area is 187 Å². The molecule has 3 nitrogen and oxygen atoms in total. The second-order valence-electron chi connectivity index (χ2n) is 9.89. The van der Waals surface area contributed by atoms with Crippen molar-refractivity contribution in [2.75, 3.05) is 0 Å². The number of rotatable bonds is 3. The minimum Gasteiger partial charge on any atom is -0.197 e. The van der Waals surface area contributed by atoms with Crippen LogP contribution >= 0.6 is 23.2 Å². The molecular weight excluding hydrogens is 413 g/mol. The number of nitrogens with zero attached hydrogens (tertiary/aromatic N) is 2. The lowest BCUT2D eigenvalue weighted by Gasteiger charge is -2.57. The zero-order valence-electron chi connectivity index (χ0n) is 17.1. The quantitative estimate of drug-likeness (QED) is 0.469. The maximum absolute atomic E-state index is 6.63. The molecule has 1 aromatic heterocycles. The van der Waals surface area contributed by atoms with E-state index in [4.69, 9.17) is 23.2 Å². The van der Waals surface area contributed by atoms with Crippen molar-refractivity contribution >= 4 is 23.2 Å². The predicted octanol–water partition coefficient (Wildman–Crippen LogP) is 7.22. The van der Waals surface area contributed by atoms with Crippen LogP contribution in [-0.4, -0.2) is 15.4 Å². The van der Waals surface area contributed by atoms with Crippen LogP contribution < -0.4 is 0 Å². The predicted molar refractivity (Wildman–Crippen MR) is 122 cm³/mol. The van der Waals surface area contributed by atoms with E-state index in [0.29, 0.717) is 10.0 Å². The molecule has 3 aromatic rings. The van der Waals surface area contributed by atoms with Crippen LogP contribution in [0.15, 0.2) is 36.5 Å². The molecule has 2 aromatic carbocycles. The average molecular weight is 438 g/mol. The van der Waals surface area contributed by atoms with Crippen molar-refractivity contribution in [3.63, 3.8) is 0 Å². The Morgan fingerprint density at radius 3 is 2.20 bits per heavy atom. The van der Waals surface area contributed by atoms with Gasteiger partial charge in [0.2, 0.25) is 0 Å². The van der Waals surface area contributed by atoms with E-state index in [1.165, 1.54) is 60.8 Å². The van der Waals surface area contributed by atoms with Gasteiger partial charge < -0.3 is 0 Å². The van der Waals surface area contributed by atoms with Gasteiger partial charge in [0.05, 0.1) is 6.20 Å². The lowest BCUT2D eigenvalue weighted by atomic mass is 9.47.